The van der Waals surface area contributed by atoms with Gasteiger partial charge in [-0.2, -0.15) is 0 Å². The number of hydrogen-bond acceptors (Lipinski definition) is 4. The van der Waals surface area contributed by atoms with Gasteiger partial charge in [0.1, 0.15) is 12.2 Å². The minimum atomic E-state index is 0.0242. The van der Waals surface area contributed by atoms with Crippen LogP contribution in [0, 0.1) is 0 Å². The summed E-state index contributed by atoms with van der Waals surface area (Å²) in [7, 11) is 4.84. The average molecular weight is 314 g/mol. The molecule has 1 aliphatic heterocycles. The van der Waals surface area contributed by atoms with E-state index in [1.807, 2.05) is 12.1 Å². The van der Waals surface area contributed by atoms with E-state index >= 15 is 0 Å². The van der Waals surface area contributed by atoms with Gasteiger partial charge in [-0.25, -0.2) is 0 Å². The molecule has 1 fully saturated rings. The molecule has 1 heterocycles. The van der Waals surface area contributed by atoms with Crippen LogP contribution in [0.15, 0.2) is 36.4 Å². The topological polar surface area (TPSA) is 40.2 Å². The van der Waals surface area contributed by atoms with Gasteiger partial charge in [0.2, 0.25) is 5.75 Å². The van der Waals surface area contributed by atoms with Gasteiger partial charge in [-0.15, -0.1) is 0 Å². The Bertz CT molecular complexity index is 653. The third-order valence-electron chi connectivity index (χ3n) is 4.22. The Morgan fingerprint density at radius 1 is 0.826 bits per heavy atom. The Morgan fingerprint density at radius 2 is 1.39 bits per heavy atom. The fourth-order valence-electron chi connectivity index (χ4n) is 2.83. The van der Waals surface area contributed by atoms with Crippen LogP contribution in [0.25, 0.3) is 0 Å². The summed E-state index contributed by atoms with van der Waals surface area (Å²) in [5.74, 6) is 1.90. The zero-order valence-electron chi connectivity index (χ0n) is 14.0. The molecule has 4 nitrogen and oxygen atoms in total. The van der Waals surface area contributed by atoms with Gasteiger partial charge < -0.3 is 18.9 Å². The lowest BCUT2D eigenvalue weighted by Crippen LogP contribution is -1.97. The first-order valence-electron chi connectivity index (χ1n) is 7.76. The first-order chi connectivity index (χ1) is 11.2. The zero-order chi connectivity index (χ0) is 16.4. The molecule has 4 heteroatoms. The van der Waals surface area contributed by atoms with Gasteiger partial charge in [-0.05, 0) is 35.2 Å². The summed E-state index contributed by atoms with van der Waals surface area (Å²) in [6.07, 6.45) is 1.15. The predicted octanol–water partition coefficient (Wildman–Crippen LogP) is 4.09. The highest BCUT2D eigenvalue weighted by molar-refractivity contribution is 5.55. The van der Waals surface area contributed by atoms with Gasteiger partial charge in [0.15, 0.2) is 11.5 Å². The van der Waals surface area contributed by atoms with Crippen molar-refractivity contribution in [3.05, 3.63) is 53.1 Å². The summed E-state index contributed by atoms with van der Waals surface area (Å²) in [4.78, 5) is 0. The number of hydrogen-bond donors (Lipinski definition) is 0. The van der Waals surface area contributed by atoms with Crippen LogP contribution in [-0.4, -0.2) is 21.3 Å². The van der Waals surface area contributed by atoms with Crippen molar-refractivity contribution in [1.29, 1.82) is 0 Å². The van der Waals surface area contributed by atoms with Crippen molar-refractivity contribution in [3.8, 4) is 17.2 Å². The van der Waals surface area contributed by atoms with Gasteiger partial charge in [0, 0.05) is 0 Å². The van der Waals surface area contributed by atoms with Crippen molar-refractivity contribution in [1.82, 2.24) is 0 Å². The molecule has 0 saturated carbocycles. The monoisotopic (exact) mass is 314 g/mol. The summed E-state index contributed by atoms with van der Waals surface area (Å²) in [5, 5.41) is 0. The fourth-order valence-corrected chi connectivity index (χ4v) is 2.83. The molecule has 3 rings (SSSR count). The van der Waals surface area contributed by atoms with Gasteiger partial charge in [-0.1, -0.05) is 31.2 Å². The maximum atomic E-state index is 5.88. The summed E-state index contributed by atoms with van der Waals surface area (Å²) in [6, 6.07) is 12.5. The largest absolute Gasteiger partial charge is 0.493 e. The molecule has 1 aliphatic rings. The van der Waals surface area contributed by atoms with E-state index in [1.165, 1.54) is 11.1 Å². The Morgan fingerprint density at radius 3 is 1.87 bits per heavy atom. The standard InChI is InChI=1S/C19H22O4/c1-5-12-6-8-13(9-7-12)17-18(23-17)14-10-15(20-2)19(22-4)16(11-14)21-3/h6-11,17-18H,5H2,1-4H3/t17-,18-/m1/s1. The van der Waals surface area contributed by atoms with Crippen molar-refractivity contribution in [3.63, 3.8) is 0 Å². The third-order valence-corrected chi connectivity index (χ3v) is 4.22. The molecule has 0 aromatic heterocycles. The first kappa shape index (κ1) is 15.7. The van der Waals surface area contributed by atoms with Crippen molar-refractivity contribution < 1.29 is 18.9 Å². The fraction of sp³-hybridized carbons (Fsp3) is 0.368. The van der Waals surface area contributed by atoms with Gasteiger partial charge in [0.05, 0.1) is 21.3 Å². The second-order valence-electron chi connectivity index (χ2n) is 5.53. The molecule has 122 valence electrons. The van der Waals surface area contributed by atoms with Crippen LogP contribution in [-0.2, 0) is 11.2 Å². The Balaban J connectivity index is 1.85. The zero-order valence-corrected chi connectivity index (χ0v) is 14.0. The molecule has 0 aliphatic carbocycles. The molecule has 0 radical (unpaired) electrons. The van der Waals surface area contributed by atoms with E-state index < -0.39 is 0 Å². The van der Waals surface area contributed by atoms with Crippen molar-refractivity contribution in [2.24, 2.45) is 0 Å². The molecule has 2 aromatic rings. The summed E-state index contributed by atoms with van der Waals surface area (Å²) in [6.45, 7) is 2.15. The van der Waals surface area contributed by atoms with E-state index in [9.17, 15) is 0 Å². The average Bonchev–Trinajstić information content (AvgIpc) is 3.41. The van der Waals surface area contributed by atoms with Crippen molar-refractivity contribution in [2.45, 2.75) is 25.6 Å². The van der Waals surface area contributed by atoms with Crippen LogP contribution in [0.1, 0.15) is 35.8 Å². The highest BCUT2D eigenvalue weighted by Gasteiger charge is 2.42. The van der Waals surface area contributed by atoms with Crippen LogP contribution in [0.5, 0.6) is 17.2 Å². The Labute approximate surface area is 136 Å². The second kappa shape index (κ2) is 6.50. The van der Waals surface area contributed by atoms with Gasteiger partial charge >= 0.3 is 0 Å². The normalized spacial score (nSPS) is 19.3. The maximum Gasteiger partial charge on any atom is 0.203 e. The predicted molar refractivity (Wildman–Crippen MR) is 88.5 cm³/mol. The summed E-state index contributed by atoms with van der Waals surface area (Å²) in [5.41, 5.74) is 3.56. The highest BCUT2D eigenvalue weighted by atomic mass is 16.6. The van der Waals surface area contributed by atoms with E-state index in [0.717, 1.165) is 12.0 Å². The molecule has 0 spiro atoms. The molecule has 0 unspecified atom stereocenters. The SMILES string of the molecule is CCc1ccc([C@H]2O[C@@H]2c2cc(OC)c(OC)c(OC)c2)cc1. The lowest BCUT2D eigenvalue weighted by Gasteiger charge is -2.13. The molecule has 0 N–H and O–H groups in total. The number of benzene rings is 2. The van der Waals surface area contributed by atoms with Gasteiger partial charge in [-0.3, -0.25) is 0 Å². The van der Waals surface area contributed by atoms with Crippen LogP contribution in [0.2, 0.25) is 0 Å². The maximum absolute atomic E-state index is 5.88. The Kier molecular flexibility index (Phi) is 4.44. The second-order valence-corrected chi connectivity index (χ2v) is 5.53. The molecule has 1 saturated heterocycles. The van der Waals surface area contributed by atoms with E-state index in [1.54, 1.807) is 21.3 Å². The van der Waals surface area contributed by atoms with Crippen LogP contribution in [0.3, 0.4) is 0 Å². The molecular weight excluding hydrogens is 292 g/mol. The Hall–Kier alpha value is -2.20. The minimum Gasteiger partial charge on any atom is -0.493 e. The highest BCUT2D eigenvalue weighted by Crippen LogP contribution is 2.53. The number of aryl methyl sites for hydroxylation is 1. The van der Waals surface area contributed by atoms with Crippen LogP contribution < -0.4 is 14.2 Å². The first-order valence-corrected chi connectivity index (χ1v) is 7.76. The molecular formula is C19H22O4. The van der Waals surface area contributed by atoms with E-state index in [2.05, 4.69) is 31.2 Å². The van der Waals surface area contributed by atoms with Crippen molar-refractivity contribution in [2.75, 3.05) is 21.3 Å². The van der Waals surface area contributed by atoms with Crippen LogP contribution in [0.4, 0.5) is 0 Å². The van der Waals surface area contributed by atoms with Crippen molar-refractivity contribution >= 4 is 0 Å². The number of rotatable bonds is 6. The summed E-state index contributed by atoms with van der Waals surface area (Å²) < 4.78 is 22.1. The number of epoxide rings is 1. The number of ether oxygens (including phenoxy) is 4. The lowest BCUT2D eigenvalue weighted by atomic mass is 10.0. The third kappa shape index (κ3) is 2.99. The number of methoxy groups -OCH3 is 3. The van der Waals surface area contributed by atoms with E-state index in [-0.39, 0.29) is 12.2 Å². The molecule has 2 aromatic carbocycles. The van der Waals surface area contributed by atoms with E-state index in [4.69, 9.17) is 18.9 Å². The lowest BCUT2D eigenvalue weighted by molar-refractivity contribution is 0.322. The smallest absolute Gasteiger partial charge is 0.203 e. The van der Waals surface area contributed by atoms with Crippen LogP contribution >= 0.6 is 0 Å². The van der Waals surface area contributed by atoms with Gasteiger partial charge in [0.25, 0.3) is 0 Å². The minimum absolute atomic E-state index is 0.0242. The molecule has 0 amide bonds. The molecule has 0 bridgehead atoms. The summed E-state index contributed by atoms with van der Waals surface area (Å²) >= 11 is 0. The van der Waals surface area contributed by atoms with E-state index in [0.29, 0.717) is 17.2 Å². The quantitative estimate of drug-likeness (QED) is 0.753. The molecule has 2 atom stereocenters. The molecule has 23 heavy (non-hydrogen) atoms.